The Morgan fingerprint density at radius 3 is 2.64 bits per heavy atom. The van der Waals surface area contributed by atoms with E-state index in [-0.39, 0.29) is 11.7 Å². The lowest BCUT2D eigenvalue weighted by Gasteiger charge is -2.11. The maximum atomic E-state index is 12.0. The van der Waals surface area contributed by atoms with Gasteiger partial charge in [0, 0.05) is 6.54 Å². The van der Waals surface area contributed by atoms with Crippen LogP contribution in [0.4, 0.5) is 0 Å². The molecule has 0 spiro atoms. The summed E-state index contributed by atoms with van der Waals surface area (Å²) < 4.78 is 4.99. The van der Waals surface area contributed by atoms with Gasteiger partial charge in [0.1, 0.15) is 5.38 Å². The summed E-state index contributed by atoms with van der Waals surface area (Å²) in [4.78, 5) is 12.0. The first kappa shape index (κ1) is 16.2. The summed E-state index contributed by atoms with van der Waals surface area (Å²) >= 11 is 6.13. The Labute approximate surface area is 134 Å². The first-order valence-corrected chi connectivity index (χ1v) is 7.38. The van der Waals surface area contributed by atoms with Crippen molar-refractivity contribution in [2.45, 2.75) is 11.8 Å². The van der Waals surface area contributed by atoms with Crippen molar-refractivity contribution in [3.8, 4) is 11.5 Å². The van der Waals surface area contributed by atoms with E-state index in [9.17, 15) is 9.90 Å². The Balaban J connectivity index is 1.85. The van der Waals surface area contributed by atoms with Gasteiger partial charge < -0.3 is 15.2 Å². The van der Waals surface area contributed by atoms with Crippen molar-refractivity contribution in [2.75, 3.05) is 13.7 Å². The maximum Gasteiger partial charge on any atom is 0.242 e. The molecule has 0 fully saturated rings. The van der Waals surface area contributed by atoms with Crippen LogP contribution in [0.5, 0.6) is 11.5 Å². The molecule has 0 aromatic heterocycles. The van der Waals surface area contributed by atoms with E-state index in [1.54, 1.807) is 12.1 Å². The van der Waals surface area contributed by atoms with Crippen LogP contribution in [0.1, 0.15) is 16.5 Å². The lowest BCUT2D eigenvalue weighted by molar-refractivity contribution is -0.120. The minimum absolute atomic E-state index is 0.0887. The summed E-state index contributed by atoms with van der Waals surface area (Å²) in [5.41, 5.74) is 1.67. The van der Waals surface area contributed by atoms with E-state index in [2.05, 4.69) is 5.32 Å². The van der Waals surface area contributed by atoms with E-state index in [1.807, 2.05) is 36.4 Å². The SMILES string of the molecule is COc1ccc(CCNC(=O)C(Cl)c2ccccc2)cc1O. The molecule has 0 saturated heterocycles. The number of methoxy groups -OCH3 is 1. The second kappa shape index (κ2) is 7.71. The standard InChI is InChI=1S/C17H18ClNO3/c1-22-15-8-7-12(11-14(15)20)9-10-19-17(21)16(18)13-5-3-2-4-6-13/h2-8,11,16,20H,9-10H2,1H3,(H,19,21). The summed E-state index contributed by atoms with van der Waals surface area (Å²) in [5.74, 6) is 0.286. The number of aromatic hydroxyl groups is 1. The normalized spacial score (nSPS) is 11.7. The molecule has 5 heteroatoms. The van der Waals surface area contributed by atoms with Crippen molar-refractivity contribution in [1.82, 2.24) is 5.32 Å². The number of hydrogen-bond acceptors (Lipinski definition) is 3. The Kier molecular flexibility index (Phi) is 5.67. The van der Waals surface area contributed by atoms with Gasteiger partial charge in [-0.15, -0.1) is 11.6 Å². The number of carbonyl (C=O) groups excluding carboxylic acids is 1. The first-order chi connectivity index (χ1) is 10.6. The Bertz CT molecular complexity index is 631. The van der Waals surface area contributed by atoms with Crippen molar-refractivity contribution >= 4 is 17.5 Å². The average Bonchev–Trinajstić information content (AvgIpc) is 2.55. The van der Waals surface area contributed by atoms with Gasteiger partial charge in [-0.2, -0.15) is 0 Å². The van der Waals surface area contributed by atoms with Crippen LogP contribution in [0.15, 0.2) is 48.5 Å². The fraction of sp³-hybridized carbons (Fsp3) is 0.235. The monoisotopic (exact) mass is 319 g/mol. The number of carbonyl (C=O) groups is 1. The van der Waals surface area contributed by atoms with Gasteiger partial charge in [0.05, 0.1) is 7.11 Å². The molecule has 22 heavy (non-hydrogen) atoms. The predicted molar refractivity (Wildman–Crippen MR) is 86.4 cm³/mol. The van der Waals surface area contributed by atoms with Crippen molar-refractivity contribution < 1.29 is 14.6 Å². The highest BCUT2D eigenvalue weighted by Gasteiger charge is 2.16. The zero-order chi connectivity index (χ0) is 15.9. The second-order valence-electron chi connectivity index (χ2n) is 4.82. The Morgan fingerprint density at radius 1 is 1.27 bits per heavy atom. The number of benzene rings is 2. The molecular weight excluding hydrogens is 302 g/mol. The molecular formula is C17H18ClNO3. The molecule has 2 N–H and O–H groups in total. The third-order valence-electron chi connectivity index (χ3n) is 3.28. The van der Waals surface area contributed by atoms with Gasteiger partial charge in [0.25, 0.3) is 0 Å². The predicted octanol–water partition coefficient (Wildman–Crippen LogP) is 3.04. The van der Waals surface area contributed by atoms with Crippen LogP contribution < -0.4 is 10.1 Å². The highest BCUT2D eigenvalue weighted by molar-refractivity contribution is 6.30. The van der Waals surface area contributed by atoms with Gasteiger partial charge in [0.2, 0.25) is 5.91 Å². The number of phenols is 1. The van der Waals surface area contributed by atoms with Crippen LogP contribution in [0.3, 0.4) is 0 Å². The van der Waals surface area contributed by atoms with Crippen molar-refractivity contribution in [3.05, 3.63) is 59.7 Å². The molecule has 0 saturated carbocycles. The van der Waals surface area contributed by atoms with E-state index >= 15 is 0 Å². The van der Waals surface area contributed by atoms with Crippen molar-refractivity contribution in [3.63, 3.8) is 0 Å². The number of hydrogen-bond donors (Lipinski definition) is 2. The van der Waals surface area contributed by atoms with E-state index in [0.717, 1.165) is 11.1 Å². The smallest absolute Gasteiger partial charge is 0.242 e. The topological polar surface area (TPSA) is 58.6 Å². The molecule has 0 radical (unpaired) electrons. The Morgan fingerprint density at radius 2 is 2.00 bits per heavy atom. The van der Waals surface area contributed by atoms with Gasteiger partial charge >= 0.3 is 0 Å². The molecule has 2 aromatic carbocycles. The number of halogens is 1. The van der Waals surface area contributed by atoms with Crippen molar-refractivity contribution in [2.24, 2.45) is 0 Å². The highest BCUT2D eigenvalue weighted by Crippen LogP contribution is 2.26. The summed E-state index contributed by atoms with van der Waals surface area (Å²) in [6, 6.07) is 14.4. The summed E-state index contributed by atoms with van der Waals surface area (Å²) in [7, 11) is 1.50. The summed E-state index contributed by atoms with van der Waals surface area (Å²) in [6.07, 6.45) is 0.599. The van der Waals surface area contributed by atoms with E-state index in [0.29, 0.717) is 18.7 Å². The molecule has 0 heterocycles. The third kappa shape index (κ3) is 4.15. The van der Waals surface area contributed by atoms with Gasteiger partial charge in [-0.05, 0) is 29.7 Å². The van der Waals surface area contributed by atoms with E-state index in [4.69, 9.17) is 16.3 Å². The second-order valence-corrected chi connectivity index (χ2v) is 5.26. The molecule has 2 rings (SSSR count). The van der Waals surface area contributed by atoms with Crippen LogP contribution in [-0.4, -0.2) is 24.7 Å². The average molecular weight is 320 g/mol. The quantitative estimate of drug-likeness (QED) is 0.805. The molecule has 4 nitrogen and oxygen atoms in total. The number of phenolic OH excluding ortho intramolecular Hbond substituents is 1. The molecule has 1 atom stereocenters. The van der Waals surface area contributed by atoms with Crippen molar-refractivity contribution in [1.29, 1.82) is 0 Å². The number of ether oxygens (including phenoxy) is 1. The zero-order valence-electron chi connectivity index (χ0n) is 12.3. The van der Waals surface area contributed by atoms with E-state index in [1.165, 1.54) is 7.11 Å². The highest BCUT2D eigenvalue weighted by atomic mass is 35.5. The van der Waals surface area contributed by atoms with Crippen LogP contribution in [0.25, 0.3) is 0 Å². The molecule has 2 aromatic rings. The van der Waals surface area contributed by atoms with Gasteiger partial charge in [0.15, 0.2) is 11.5 Å². The Hall–Kier alpha value is -2.20. The summed E-state index contributed by atoms with van der Waals surface area (Å²) in [5, 5.41) is 11.8. The third-order valence-corrected chi connectivity index (χ3v) is 3.73. The number of alkyl halides is 1. The fourth-order valence-corrected chi connectivity index (χ4v) is 2.31. The lowest BCUT2D eigenvalue weighted by Crippen LogP contribution is -2.28. The minimum atomic E-state index is -0.703. The molecule has 1 amide bonds. The van der Waals surface area contributed by atoms with Crippen LogP contribution in [-0.2, 0) is 11.2 Å². The molecule has 0 bridgehead atoms. The van der Waals surface area contributed by atoms with E-state index < -0.39 is 5.38 Å². The largest absolute Gasteiger partial charge is 0.504 e. The van der Waals surface area contributed by atoms with Gasteiger partial charge in [-0.3, -0.25) is 4.79 Å². The maximum absolute atomic E-state index is 12.0. The molecule has 0 aliphatic rings. The minimum Gasteiger partial charge on any atom is -0.504 e. The van der Waals surface area contributed by atoms with Crippen LogP contribution in [0, 0.1) is 0 Å². The van der Waals surface area contributed by atoms with Crippen LogP contribution >= 0.6 is 11.6 Å². The zero-order valence-corrected chi connectivity index (χ0v) is 13.0. The fourth-order valence-electron chi connectivity index (χ4n) is 2.08. The number of nitrogens with one attached hydrogen (secondary N) is 1. The number of amides is 1. The van der Waals surface area contributed by atoms with Gasteiger partial charge in [-0.25, -0.2) is 0 Å². The first-order valence-electron chi connectivity index (χ1n) is 6.94. The molecule has 1 unspecified atom stereocenters. The summed E-state index contributed by atoms with van der Waals surface area (Å²) in [6.45, 7) is 0.445. The molecule has 0 aliphatic carbocycles. The molecule has 0 aliphatic heterocycles. The molecule has 116 valence electrons. The van der Waals surface area contributed by atoms with Crippen LogP contribution in [0.2, 0.25) is 0 Å². The lowest BCUT2D eigenvalue weighted by atomic mass is 10.1. The number of rotatable bonds is 6. The van der Waals surface area contributed by atoms with Gasteiger partial charge in [-0.1, -0.05) is 36.4 Å².